The third kappa shape index (κ3) is 6.84. The van der Waals surface area contributed by atoms with Crippen molar-refractivity contribution in [3.05, 3.63) is 0 Å². The second kappa shape index (κ2) is 9.84. The number of ether oxygens (including phenoxy) is 2. The van der Waals surface area contributed by atoms with E-state index in [4.69, 9.17) is 9.47 Å². The van der Waals surface area contributed by atoms with Crippen LogP contribution in [0, 0.1) is 0 Å². The second-order valence-electron chi connectivity index (χ2n) is 5.35. The second-order valence-corrected chi connectivity index (χ2v) is 7.58. The molecule has 1 atom stereocenters. The normalized spacial score (nSPS) is 19.5. The number of sulfone groups is 1. The van der Waals surface area contributed by atoms with Gasteiger partial charge in [-0.05, 0) is 19.8 Å². The minimum absolute atomic E-state index is 0.0460. The summed E-state index contributed by atoms with van der Waals surface area (Å²) in [5, 5.41) is 2.54. The van der Waals surface area contributed by atoms with Crippen molar-refractivity contribution >= 4 is 21.7 Å². The summed E-state index contributed by atoms with van der Waals surface area (Å²) in [6, 6.07) is -0.461. The molecule has 1 unspecified atom stereocenters. The van der Waals surface area contributed by atoms with Crippen molar-refractivity contribution < 1.29 is 27.5 Å². The number of hydrogen-bond acceptors (Lipinski definition) is 6. The maximum atomic E-state index is 12.3. The highest BCUT2D eigenvalue weighted by Gasteiger charge is 2.36. The molecule has 0 spiro atoms. The van der Waals surface area contributed by atoms with Crippen molar-refractivity contribution in [1.82, 2.24) is 10.2 Å². The molecule has 0 saturated carbocycles. The van der Waals surface area contributed by atoms with Gasteiger partial charge in [-0.3, -0.25) is 9.59 Å². The Morgan fingerprint density at radius 2 is 2.04 bits per heavy atom. The zero-order valence-electron chi connectivity index (χ0n) is 13.7. The van der Waals surface area contributed by atoms with E-state index in [0.29, 0.717) is 32.6 Å². The number of nitrogens with zero attached hydrogens (tertiary/aromatic N) is 1. The van der Waals surface area contributed by atoms with Crippen LogP contribution >= 0.6 is 0 Å². The highest BCUT2D eigenvalue weighted by molar-refractivity contribution is 7.91. The van der Waals surface area contributed by atoms with E-state index in [1.165, 1.54) is 12.0 Å². The molecular weight excluding hydrogens is 324 g/mol. The van der Waals surface area contributed by atoms with E-state index < -0.39 is 27.7 Å². The van der Waals surface area contributed by atoms with Crippen LogP contribution in [0.4, 0.5) is 0 Å². The quantitative estimate of drug-likeness (QED) is 0.431. The Bertz CT molecular complexity index is 493. The van der Waals surface area contributed by atoms with Gasteiger partial charge in [-0.15, -0.1) is 0 Å². The van der Waals surface area contributed by atoms with E-state index in [9.17, 15) is 18.0 Å². The highest BCUT2D eigenvalue weighted by Crippen LogP contribution is 2.17. The van der Waals surface area contributed by atoms with Crippen LogP contribution in [0.15, 0.2) is 0 Å². The fraction of sp³-hybridized carbons (Fsp3) is 0.857. The molecule has 0 aliphatic carbocycles. The molecule has 1 saturated heterocycles. The fourth-order valence-electron chi connectivity index (χ4n) is 2.39. The van der Waals surface area contributed by atoms with Crippen LogP contribution in [-0.2, 0) is 28.9 Å². The van der Waals surface area contributed by atoms with Crippen molar-refractivity contribution in [2.24, 2.45) is 0 Å². The van der Waals surface area contributed by atoms with E-state index in [0.717, 1.165) is 0 Å². The minimum atomic E-state index is -3.13. The van der Waals surface area contributed by atoms with Gasteiger partial charge in [0.15, 0.2) is 9.84 Å². The molecule has 0 bridgehead atoms. The molecule has 0 aromatic heterocycles. The average molecular weight is 350 g/mol. The van der Waals surface area contributed by atoms with Gasteiger partial charge < -0.3 is 19.7 Å². The van der Waals surface area contributed by atoms with Crippen LogP contribution in [0.3, 0.4) is 0 Å². The number of hydrogen-bond donors (Lipinski definition) is 1. The summed E-state index contributed by atoms with van der Waals surface area (Å²) in [5.41, 5.74) is 0. The largest absolute Gasteiger partial charge is 0.383 e. The predicted octanol–water partition coefficient (Wildman–Crippen LogP) is -0.809. The van der Waals surface area contributed by atoms with Gasteiger partial charge >= 0.3 is 11.8 Å². The minimum Gasteiger partial charge on any atom is -0.383 e. The summed E-state index contributed by atoms with van der Waals surface area (Å²) in [6.45, 7) is 3.78. The summed E-state index contributed by atoms with van der Waals surface area (Å²) in [5.74, 6) is -1.48. The maximum Gasteiger partial charge on any atom is 0.312 e. The molecule has 1 aliphatic heterocycles. The van der Waals surface area contributed by atoms with Gasteiger partial charge in [0, 0.05) is 39.5 Å². The SMILES string of the molecule is CCOCCCNC(=O)C(=O)N(CCOC)C1CCS(=O)(=O)C1. The van der Waals surface area contributed by atoms with Crippen LogP contribution in [0.5, 0.6) is 0 Å². The molecule has 0 aromatic carbocycles. The summed E-state index contributed by atoms with van der Waals surface area (Å²) in [7, 11) is -1.65. The number of methoxy groups -OCH3 is 1. The van der Waals surface area contributed by atoms with Crippen molar-refractivity contribution in [3.63, 3.8) is 0 Å². The molecule has 8 nitrogen and oxygen atoms in total. The van der Waals surface area contributed by atoms with Gasteiger partial charge in [0.1, 0.15) is 0 Å². The smallest absolute Gasteiger partial charge is 0.312 e. The molecule has 1 aliphatic rings. The zero-order valence-corrected chi connectivity index (χ0v) is 14.6. The Kier molecular flexibility index (Phi) is 8.49. The molecule has 23 heavy (non-hydrogen) atoms. The molecule has 1 rings (SSSR count). The highest BCUT2D eigenvalue weighted by atomic mass is 32.2. The first-order valence-corrected chi connectivity index (χ1v) is 9.59. The Morgan fingerprint density at radius 1 is 1.30 bits per heavy atom. The molecule has 0 radical (unpaired) electrons. The lowest BCUT2D eigenvalue weighted by molar-refractivity contribution is -0.147. The fourth-order valence-corrected chi connectivity index (χ4v) is 4.12. The lowest BCUT2D eigenvalue weighted by Gasteiger charge is -2.27. The van der Waals surface area contributed by atoms with Crippen LogP contribution in [-0.4, -0.2) is 82.7 Å². The number of nitrogens with one attached hydrogen (secondary N) is 1. The first-order valence-electron chi connectivity index (χ1n) is 7.77. The molecule has 1 N–H and O–H groups in total. The Morgan fingerprint density at radius 3 is 2.61 bits per heavy atom. The lowest BCUT2D eigenvalue weighted by atomic mass is 10.2. The van der Waals surface area contributed by atoms with Gasteiger partial charge in [0.25, 0.3) is 0 Å². The number of carbonyl (C=O) groups is 2. The standard InChI is InChI=1S/C14H26N2O6S/c1-3-22-8-4-6-15-13(17)14(18)16(7-9-21-2)12-5-10-23(19,20)11-12/h12H,3-11H2,1-2H3,(H,15,17). The summed E-state index contributed by atoms with van der Waals surface area (Å²) < 4.78 is 33.3. The van der Waals surface area contributed by atoms with Crippen molar-refractivity contribution in [2.45, 2.75) is 25.8 Å². The Labute approximate surface area is 137 Å². The molecular formula is C14H26N2O6S. The monoisotopic (exact) mass is 350 g/mol. The first-order chi connectivity index (χ1) is 10.9. The summed E-state index contributed by atoms with van der Waals surface area (Å²) >= 11 is 0. The van der Waals surface area contributed by atoms with E-state index in [2.05, 4.69) is 5.32 Å². The van der Waals surface area contributed by atoms with Crippen LogP contribution in [0.1, 0.15) is 19.8 Å². The first kappa shape index (κ1) is 19.9. The number of amides is 2. The van der Waals surface area contributed by atoms with E-state index in [1.54, 1.807) is 0 Å². The predicted molar refractivity (Wildman–Crippen MR) is 84.8 cm³/mol. The van der Waals surface area contributed by atoms with Gasteiger partial charge in [-0.2, -0.15) is 0 Å². The molecule has 1 fully saturated rings. The lowest BCUT2D eigenvalue weighted by Crippen LogP contribution is -2.49. The van der Waals surface area contributed by atoms with E-state index in [1.807, 2.05) is 6.92 Å². The van der Waals surface area contributed by atoms with Crippen LogP contribution in [0.2, 0.25) is 0 Å². The average Bonchev–Trinajstić information content (AvgIpc) is 2.87. The molecule has 0 aromatic rings. The summed E-state index contributed by atoms with van der Waals surface area (Å²) in [4.78, 5) is 25.6. The summed E-state index contributed by atoms with van der Waals surface area (Å²) in [6.07, 6.45) is 0.970. The third-order valence-corrected chi connectivity index (χ3v) is 5.35. The Hall–Kier alpha value is -1.19. The maximum absolute atomic E-state index is 12.3. The number of rotatable bonds is 9. The van der Waals surface area contributed by atoms with E-state index >= 15 is 0 Å². The van der Waals surface area contributed by atoms with Gasteiger partial charge in [-0.25, -0.2) is 8.42 Å². The Balaban J connectivity index is 2.56. The topological polar surface area (TPSA) is 102 Å². The van der Waals surface area contributed by atoms with Crippen molar-refractivity contribution in [1.29, 1.82) is 0 Å². The third-order valence-electron chi connectivity index (χ3n) is 3.60. The van der Waals surface area contributed by atoms with Gasteiger partial charge in [0.2, 0.25) is 0 Å². The molecule has 134 valence electrons. The molecule has 9 heteroatoms. The van der Waals surface area contributed by atoms with Crippen LogP contribution < -0.4 is 5.32 Å². The van der Waals surface area contributed by atoms with Crippen molar-refractivity contribution in [2.75, 3.05) is 51.5 Å². The van der Waals surface area contributed by atoms with Gasteiger partial charge in [0.05, 0.1) is 18.1 Å². The number of carbonyl (C=O) groups excluding carboxylic acids is 2. The van der Waals surface area contributed by atoms with Crippen molar-refractivity contribution in [3.8, 4) is 0 Å². The molecule has 2 amide bonds. The van der Waals surface area contributed by atoms with E-state index in [-0.39, 0.29) is 24.7 Å². The van der Waals surface area contributed by atoms with Crippen LogP contribution in [0.25, 0.3) is 0 Å². The van der Waals surface area contributed by atoms with Gasteiger partial charge in [-0.1, -0.05) is 0 Å². The zero-order chi connectivity index (χ0) is 17.3. The molecule has 1 heterocycles.